The molecule has 2 aromatic rings. The number of guanidine groups is 1. The van der Waals surface area contributed by atoms with Crippen LogP contribution in [-0.4, -0.2) is 37.1 Å². The highest BCUT2D eigenvalue weighted by Gasteiger charge is 2.51. The van der Waals surface area contributed by atoms with Crippen molar-refractivity contribution in [2.75, 3.05) is 14.2 Å². The molecule has 5 rings (SSSR count). The van der Waals surface area contributed by atoms with Gasteiger partial charge in [-0.25, -0.2) is 15.0 Å². The van der Waals surface area contributed by atoms with Crippen molar-refractivity contribution in [3.05, 3.63) is 65.7 Å². The average Bonchev–Trinajstić information content (AvgIpc) is 3.04. The maximum Gasteiger partial charge on any atom is 0.248 e. The lowest BCUT2D eigenvalue weighted by Crippen LogP contribution is -2.43. The summed E-state index contributed by atoms with van der Waals surface area (Å²) in [6, 6.07) is 15.7. The lowest BCUT2D eigenvalue weighted by Gasteiger charge is -2.33. The van der Waals surface area contributed by atoms with Crippen LogP contribution in [0.5, 0.6) is 5.75 Å². The number of aliphatic imine (C=N–C) groups is 3. The van der Waals surface area contributed by atoms with Crippen molar-refractivity contribution in [2.24, 2.45) is 15.0 Å². The van der Waals surface area contributed by atoms with Crippen molar-refractivity contribution in [1.82, 2.24) is 4.90 Å². The van der Waals surface area contributed by atoms with Crippen LogP contribution in [-0.2, 0) is 10.5 Å². The van der Waals surface area contributed by atoms with Crippen molar-refractivity contribution in [1.29, 1.82) is 0 Å². The summed E-state index contributed by atoms with van der Waals surface area (Å²) in [6.45, 7) is 0. The number of amidine groups is 1. The molecule has 0 saturated heterocycles. The Morgan fingerprint density at radius 1 is 1.00 bits per heavy atom. The maximum atomic E-state index is 5.95. The molecule has 3 aliphatic heterocycles. The highest BCUT2D eigenvalue weighted by Crippen LogP contribution is 2.45. The van der Waals surface area contributed by atoms with E-state index in [9.17, 15) is 0 Å². The first-order chi connectivity index (χ1) is 12.8. The first-order valence-electron chi connectivity index (χ1n) is 8.29. The molecule has 0 saturated carbocycles. The first-order valence-corrected chi connectivity index (χ1v) is 8.29. The van der Waals surface area contributed by atoms with Crippen LogP contribution in [0.4, 0.5) is 5.69 Å². The molecule has 6 nitrogen and oxygen atoms in total. The van der Waals surface area contributed by atoms with Gasteiger partial charge in [-0.3, -0.25) is 4.90 Å². The molecule has 0 N–H and O–H groups in total. The van der Waals surface area contributed by atoms with Crippen molar-refractivity contribution in [3.63, 3.8) is 0 Å². The summed E-state index contributed by atoms with van der Waals surface area (Å²) in [5.41, 5.74) is 2.78. The Labute approximate surface area is 150 Å². The van der Waals surface area contributed by atoms with Crippen molar-refractivity contribution < 1.29 is 9.47 Å². The summed E-state index contributed by atoms with van der Waals surface area (Å²) in [4.78, 5) is 16.1. The Bertz CT molecular complexity index is 1020. The third-order valence-electron chi connectivity index (χ3n) is 4.82. The van der Waals surface area contributed by atoms with Crippen LogP contribution >= 0.6 is 0 Å². The normalized spacial score (nSPS) is 22.2. The number of allylic oxidation sites excluding steroid dienone is 1. The zero-order valence-corrected chi connectivity index (χ0v) is 14.4. The molecule has 6 heteroatoms. The largest absolute Gasteiger partial charge is 0.497 e. The van der Waals surface area contributed by atoms with Crippen LogP contribution in [0.2, 0.25) is 0 Å². The first kappa shape index (κ1) is 15.0. The molecular formula is C20H16N4O2. The van der Waals surface area contributed by atoms with Gasteiger partial charge in [0.25, 0.3) is 0 Å². The van der Waals surface area contributed by atoms with Gasteiger partial charge in [-0.1, -0.05) is 18.2 Å². The fraction of sp³-hybridized carbons (Fsp3) is 0.150. The van der Waals surface area contributed by atoms with E-state index in [0.29, 0.717) is 11.8 Å². The van der Waals surface area contributed by atoms with E-state index >= 15 is 0 Å². The van der Waals surface area contributed by atoms with Crippen molar-refractivity contribution in [3.8, 4) is 5.75 Å². The second-order valence-electron chi connectivity index (χ2n) is 6.11. The molecule has 1 unspecified atom stereocenters. The van der Waals surface area contributed by atoms with Crippen molar-refractivity contribution >= 4 is 29.4 Å². The minimum absolute atomic E-state index is 0.577. The summed E-state index contributed by atoms with van der Waals surface area (Å²) >= 11 is 0. The van der Waals surface area contributed by atoms with E-state index in [2.05, 4.69) is 11.1 Å². The van der Waals surface area contributed by atoms with E-state index in [0.717, 1.165) is 28.3 Å². The molecule has 0 fully saturated rings. The van der Waals surface area contributed by atoms with Crippen molar-refractivity contribution in [2.45, 2.75) is 5.72 Å². The predicted molar refractivity (Wildman–Crippen MR) is 101 cm³/mol. The second kappa shape index (κ2) is 5.37. The monoisotopic (exact) mass is 344 g/mol. The third-order valence-corrected chi connectivity index (χ3v) is 4.82. The van der Waals surface area contributed by atoms with E-state index in [1.54, 1.807) is 20.4 Å². The second-order valence-corrected chi connectivity index (χ2v) is 6.11. The van der Waals surface area contributed by atoms with Gasteiger partial charge in [0, 0.05) is 24.5 Å². The lowest BCUT2D eigenvalue weighted by molar-refractivity contribution is 0.0557. The zero-order chi connectivity index (χ0) is 17.7. The van der Waals surface area contributed by atoms with Gasteiger partial charge in [0.05, 0.1) is 18.5 Å². The summed E-state index contributed by atoms with van der Waals surface area (Å²) in [6.07, 6.45) is 3.75. The standard InChI is InChI=1S/C20H16N4O2/c1-25-14-9-7-13(8-10-14)20(26-2)18-22-16-6-4-3-5-15(16)17-11-12-21-19(23-20)24(17)18/h3-12H,1-2H3. The molecule has 0 bridgehead atoms. The topological polar surface area (TPSA) is 58.8 Å². The third kappa shape index (κ3) is 1.87. The minimum atomic E-state index is -1.05. The smallest absolute Gasteiger partial charge is 0.248 e. The Morgan fingerprint density at radius 3 is 2.58 bits per heavy atom. The number of ether oxygens (including phenoxy) is 2. The van der Waals surface area contributed by atoms with E-state index < -0.39 is 5.72 Å². The number of nitrogens with zero attached hydrogens (tertiary/aromatic N) is 4. The van der Waals surface area contributed by atoms with Crippen LogP contribution in [0, 0.1) is 0 Å². The van der Waals surface area contributed by atoms with Crippen LogP contribution in [0.1, 0.15) is 11.1 Å². The van der Waals surface area contributed by atoms with Gasteiger partial charge in [-0.2, -0.15) is 0 Å². The molecule has 0 aromatic heterocycles. The summed E-state index contributed by atoms with van der Waals surface area (Å²) in [5.74, 6) is 2.05. The molecule has 1 atom stereocenters. The van der Waals surface area contributed by atoms with E-state index in [1.165, 1.54) is 0 Å². The molecule has 2 aromatic carbocycles. The van der Waals surface area contributed by atoms with Crippen LogP contribution in [0.15, 0.2) is 69.6 Å². The molecule has 26 heavy (non-hydrogen) atoms. The van der Waals surface area contributed by atoms with Gasteiger partial charge < -0.3 is 9.47 Å². The van der Waals surface area contributed by atoms with E-state index in [4.69, 9.17) is 19.5 Å². The number of hydrogen-bond donors (Lipinski definition) is 0. The Morgan fingerprint density at radius 2 is 1.81 bits per heavy atom. The summed E-state index contributed by atoms with van der Waals surface area (Å²) in [7, 11) is 3.29. The predicted octanol–water partition coefficient (Wildman–Crippen LogP) is 3.34. The quantitative estimate of drug-likeness (QED) is 0.858. The Hall–Kier alpha value is -3.25. The Balaban J connectivity index is 1.76. The van der Waals surface area contributed by atoms with Gasteiger partial charge in [0.15, 0.2) is 5.84 Å². The number of rotatable bonds is 3. The summed E-state index contributed by atoms with van der Waals surface area (Å²) in [5, 5.41) is 0. The number of methoxy groups -OCH3 is 2. The SMILES string of the molecule is COc1ccc(C2(OC)N=C3N=CC=C4c5ccccc5N=C2N43)cc1. The van der Waals surface area contributed by atoms with Gasteiger partial charge in [0.1, 0.15) is 5.75 Å². The highest BCUT2D eigenvalue weighted by molar-refractivity contribution is 6.22. The molecule has 128 valence electrons. The molecule has 3 heterocycles. The molecule has 3 aliphatic rings. The molecule has 0 spiro atoms. The van der Waals surface area contributed by atoms with Crippen LogP contribution in [0.3, 0.4) is 0 Å². The average molecular weight is 344 g/mol. The zero-order valence-electron chi connectivity index (χ0n) is 14.4. The Kier molecular flexibility index (Phi) is 3.11. The van der Waals surface area contributed by atoms with E-state index in [1.807, 2.05) is 53.4 Å². The van der Waals surface area contributed by atoms with Gasteiger partial charge in [-0.15, -0.1) is 0 Å². The fourth-order valence-corrected chi connectivity index (χ4v) is 3.55. The summed E-state index contributed by atoms with van der Waals surface area (Å²) < 4.78 is 11.2. The molecular weight excluding hydrogens is 328 g/mol. The number of para-hydroxylation sites is 1. The lowest BCUT2D eigenvalue weighted by atomic mass is 9.98. The molecule has 0 radical (unpaired) electrons. The molecule has 0 aliphatic carbocycles. The van der Waals surface area contributed by atoms with Gasteiger partial charge >= 0.3 is 0 Å². The van der Waals surface area contributed by atoms with E-state index in [-0.39, 0.29) is 0 Å². The van der Waals surface area contributed by atoms with Gasteiger partial charge in [0.2, 0.25) is 11.7 Å². The fourth-order valence-electron chi connectivity index (χ4n) is 3.55. The van der Waals surface area contributed by atoms with Gasteiger partial charge in [-0.05, 0) is 36.4 Å². The number of fused-ring (bicyclic) bond motifs is 2. The van der Waals surface area contributed by atoms with Crippen LogP contribution in [0.25, 0.3) is 5.70 Å². The molecule has 0 amide bonds. The number of hydrogen-bond acceptors (Lipinski definition) is 6. The number of benzene rings is 2. The minimum Gasteiger partial charge on any atom is -0.497 e. The maximum absolute atomic E-state index is 5.95. The highest BCUT2D eigenvalue weighted by atomic mass is 16.5. The van der Waals surface area contributed by atoms with Crippen LogP contribution < -0.4 is 4.74 Å².